The van der Waals surface area contributed by atoms with Gasteiger partial charge in [-0.05, 0) is 50.5 Å². The molecule has 0 radical (unpaired) electrons. The molecule has 1 atom stereocenters. The van der Waals surface area contributed by atoms with Crippen LogP contribution in [0.4, 0.5) is 0 Å². The number of piperidine rings is 1. The van der Waals surface area contributed by atoms with Crippen molar-refractivity contribution in [3.05, 3.63) is 47.2 Å². The van der Waals surface area contributed by atoms with Gasteiger partial charge in [-0.25, -0.2) is 8.42 Å². The predicted molar refractivity (Wildman–Crippen MR) is 104 cm³/mol. The van der Waals surface area contributed by atoms with Crippen molar-refractivity contribution in [2.75, 3.05) is 19.7 Å². The Morgan fingerprint density at radius 2 is 2.11 bits per heavy atom. The molecule has 27 heavy (non-hydrogen) atoms. The molecule has 0 saturated carbocycles. The Kier molecular flexibility index (Phi) is 6.24. The molecule has 1 saturated heterocycles. The number of pyridine rings is 1. The van der Waals surface area contributed by atoms with Crippen LogP contribution in [-0.2, 0) is 10.0 Å². The van der Waals surface area contributed by atoms with E-state index in [1.807, 2.05) is 13.8 Å². The summed E-state index contributed by atoms with van der Waals surface area (Å²) in [6, 6.07) is 6.65. The molecule has 6 nitrogen and oxygen atoms in total. The van der Waals surface area contributed by atoms with E-state index in [0.717, 1.165) is 18.4 Å². The zero-order chi connectivity index (χ0) is 19.4. The minimum atomic E-state index is -3.60. The summed E-state index contributed by atoms with van der Waals surface area (Å²) in [5.74, 6) is 1.22. The minimum absolute atomic E-state index is 0.253. The number of hydrogen-bond acceptors (Lipinski definition) is 5. The van der Waals surface area contributed by atoms with Gasteiger partial charge in [-0.1, -0.05) is 11.6 Å². The fourth-order valence-corrected chi connectivity index (χ4v) is 4.87. The third-order valence-electron chi connectivity index (χ3n) is 4.45. The molecule has 1 aromatic heterocycles. The maximum absolute atomic E-state index is 13.1. The second-order valence-electron chi connectivity index (χ2n) is 6.41. The van der Waals surface area contributed by atoms with Gasteiger partial charge in [-0.15, -0.1) is 0 Å². The van der Waals surface area contributed by atoms with Crippen LogP contribution in [0.15, 0.2) is 41.6 Å². The van der Waals surface area contributed by atoms with E-state index in [2.05, 4.69) is 4.98 Å². The third-order valence-corrected chi connectivity index (χ3v) is 6.60. The summed E-state index contributed by atoms with van der Waals surface area (Å²) in [5, 5.41) is 0.416. The van der Waals surface area contributed by atoms with Gasteiger partial charge in [0.2, 0.25) is 10.0 Å². The van der Waals surface area contributed by atoms with Crippen LogP contribution in [0.25, 0.3) is 0 Å². The summed E-state index contributed by atoms with van der Waals surface area (Å²) in [6.45, 7) is 5.03. The van der Waals surface area contributed by atoms with Gasteiger partial charge in [0.05, 0.1) is 18.0 Å². The van der Waals surface area contributed by atoms with E-state index in [1.54, 1.807) is 30.5 Å². The van der Waals surface area contributed by atoms with Gasteiger partial charge in [0.15, 0.2) is 0 Å². The molecule has 2 aromatic rings. The predicted octanol–water partition coefficient (Wildman–Crippen LogP) is 3.67. The van der Waals surface area contributed by atoms with Gasteiger partial charge in [-0.2, -0.15) is 4.31 Å². The van der Waals surface area contributed by atoms with E-state index in [4.69, 9.17) is 21.1 Å². The lowest BCUT2D eigenvalue weighted by atomic mass is 10.1. The molecule has 0 N–H and O–H groups in total. The van der Waals surface area contributed by atoms with Crippen molar-refractivity contribution in [2.45, 2.75) is 37.7 Å². The van der Waals surface area contributed by atoms with Gasteiger partial charge in [0.25, 0.3) is 0 Å². The smallest absolute Gasteiger partial charge is 0.243 e. The Bertz CT molecular complexity index is 904. The monoisotopic (exact) mass is 410 g/mol. The summed E-state index contributed by atoms with van der Waals surface area (Å²) in [6.07, 6.45) is 4.35. The van der Waals surface area contributed by atoms with Crippen LogP contribution in [0.3, 0.4) is 0 Å². The van der Waals surface area contributed by atoms with Crippen molar-refractivity contribution in [1.82, 2.24) is 9.29 Å². The van der Waals surface area contributed by atoms with Crippen LogP contribution < -0.4 is 9.47 Å². The molecule has 8 heteroatoms. The van der Waals surface area contributed by atoms with Gasteiger partial charge >= 0.3 is 0 Å². The Balaban J connectivity index is 1.76. The number of hydrogen-bond donors (Lipinski definition) is 0. The maximum Gasteiger partial charge on any atom is 0.243 e. The minimum Gasteiger partial charge on any atom is -0.494 e. The first kappa shape index (κ1) is 19.9. The second kappa shape index (κ2) is 8.46. The molecule has 1 aromatic carbocycles. The average Bonchev–Trinajstić information content (AvgIpc) is 2.65. The van der Waals surface area contributed by atoms with Crippen LogP contribution in [0.1, 0.15) is 25.3 Å². The van der Waals surface area contributed by atoms with E-state index in [9.17, 15) is 8.42 Å². The highest BCUT2D eigenvalue weighted by Crippen LogP contribution is 2.29. The summed E-state index contributed by atoms with van der Waals surface area (Å²) < 4.78 is 39.0. The van der Waals surface area contributed by atoms with Gasteiger partial charge in [-0.3, -0.25) is 4.98 Å². The fraction of sp³-hybridized carbons (Fsp3) is 0.421. The summed E-state index contributed by atoms with van der Waals surface area (Å²) in [7, 11) is -3.60. The Morgan fingerprint density at radius 1 is 1.30 bits per heavy atom. The summed E-state index contributed by atoms with van der Waals surface area (Å²) in [5.41, 5.74) is 0.798. The van der Waals surface area contributed by atoms with E-state index in [0.29, 0.717) is 29.7 Å². The summed E-state index contributed by atoms with van der Waals surface area (Å²) >= 11 is 6.09. The number of aryl methyl sites for hydroxylation is 1. The molecule has 1 aliphatic rings. The zero-order valence-corrected chi connectivity index (χ0v) is 17.0. The normalized spacial score (nSPS) is 18.3. The molecule has 0 bridgehead atoms. The Morgan fingerprint density at radius 3 is 2.81 bits per heavy atom. The molecule has 3 rings (SSSR count). The molecule has 1 unspecified atom stereocenters. The van der Waals surface area contributed by atoms with Crippen LogP contribution in [0.2, 0.25) is 5.02 Å². The molecule has 1 fully saturated rings. The third kappa shape index (κ3) is 4.54. The van der Waals surface area contributed by atoms with Crippen LogP contribution in [-0.4, -0.2) is 43.5 Å². The zero-order valence-electron chi connectivity index (χ0n) is 15.4. The molecule has 0 amide bonds. The van der Waals surface area contributed by atoms with E-state index < -0.39 is 10.0 Å². The lowest BCUT2D eigenvalue weighted by molar-refractivity contribution is 0.130. The second-order valence-corrected chi connectivity index (χ2v) is 8.76. The first-order valence-electron chi connectivity index (χ1n) is 8.91. The quantitative estimate of drug-likeness (QED) is 0.726. The lowest BCUT2D eigenvalue weighted by Gasteiger charge is -2.32. The number of benzene rings is 1. The molecular weight excluding hydrogens is 388 g/mol. The Hall–Kier alpha value is -1.83. The SMILES string of the molecule is CCOc1ccc(S(=O)(=O)N2CCCC(Oc3ccncc3Cl)C2)cc1C. The molecule has 2 heterocycles. The lowest BCUT2D eigenvalue weighted by Crippen LogP contribution is -2.44. The van der Waals surface area contributed by atoms with Crippen molar-refractivity contribution < 1.29 is 17.9 Å². The van der Waals surface area contributed by atoms with Crippen LogP contribution in [0, 0.1) is 6.92 Å². The number of rotatable bonds is 6. The number of halogens is 1. The first-order valence-corrected chi connectivity index (χ1v) is 10.7. The number of aromatic nitrogens is 1. The molecule has 0 aliphatic carbocycles. The fourth-order valence-electron chi connectivity index (χ4n) is 3.11. The van der Waals surface area contributed by atoms with Crippen molar-refractivity contribution in [1.29, 1.82) is 0 Å². The number of ether oxygens (including phenoxy) is 2. The van der Waals surface area contributed by atoms with E-state index in [-0.39, 0.29) is 17.5 Å². The largest absolute Gasteiger partial charge is 0.494 e. The number of sulfonamides is 1. The first-order chi connectivity index (χ1) is 12.9. The molecule has 0 spiro atoms. The van der Waals surface area contributed by atoms with Gasteiger partial charge in [0, 0.05) is 25.0 Å². The topological polar surface area (TPSA) is 68.7 Å². The van der Waals surface area contributed by atoms with Crippen LogP contribution in [0.5, 0.6) is 11.5 Å². The molecule has 146 valence electrons. The summed E-state index contributed by atoms with van der Waals surface area (Å²) in [4.78, 5) is 4.20. The van der Waals surface area contributed by atoms with Crippen molar-refractivity contribution in [3.8, 4) is 11.5 Å². The van der Waals surface area contributed by atoms with Crippen LogP contribution >= 0.6 is 11.6 Å². The van der Waals surface area contributed by atoms with Crippen molar-refractivity contribution in [3.63, 3.8) is 0 Å². The maximum atomic E-state index is 13.1. The van der Waals surface area contributed by atoms with Gasteiger partial charge in [0.1, 0.15) is 22.6 Å². The number of nitrogens with zero attached hydrogens (tertiary/aromatic N) is 2. The highest BCUT2D eigenvalue weighted by atomic mass is 35.5. The van der Waals surface area contributed by atoms with E-state index in [1.165, 1.54) is 10.5 Å². The van der Waals surface area contributed by atoms with E-state index >= 15 is 0 Å². The standard InChI is InChI=1S/C19H23ClN2O4S/c1-3-25-18-7-6-16(11-14(18)2)27(23,24)22-10-4-5-15(13-22)26-19-8-9-21-12-17(19)20/h6-9,11-12,15H,3-5,10,13H2,1-2H3. The molecule has 1 aliphatic heterocycles. The van der Waals surface area contributed by atoms with Crippen molar-refractivity contribution >= 4 is 21.6 Å². The molecular formula is C19H23ClN2O4S. The highest BCUT2D eigenvalue weighted by Gasteiger charge is 2.31. The van der Waals surface area contributed by atoms with Crippen molar-refractivity contribution in [2.24, 2.45) is 0 Å². The highest BCUT2D eigenvalue weighted by molar-refractivity contribution is 7.89. The average molecular weight is 411 g/mol. The Labute approximate surface area is 165 Å². The van der Waals surface area contributed by atoms with Gasteiger partial charge < -0.3 is 9.47 Å².